The lowest BCUT2D eigenvalue weighted by atomic mass is 10.1. The molecule has 0 aliphatic heterocycles. The fourth-order valence-electron chi connectivity index (χ4n) is 1.98. The SMILES string of the molecule is C[C@@H](O)[C@H](NC(=O)[C@@H](N)CCCNC(=N)N)C(=O)N[C@@H](CC(=O)O)C(=O)O. The van der Waals surface area contributed by atoms with Crippen molar-refractivity contribution in [1.29, 1.82) is 5.41 Å². The fraction of sp³-hybridized carbons (Fsp3) is 0.643. The molecule has 154 valence electrons. The van der Waals surface area contributed by atoms with E-state index >= 15 is 0 Å². The smallest absolute Gasteiger partial charge is 0.326 e. The van der Waals surface area contributed by atoms with Crippen molar-refractivity contribution in [1.82, 2.24) is 16.0 Å². The fourth-order valence-corrected chi connectivity index (χ4v) is 1.98. The Balaban J connectivity index is 4.79. The van der Waals surface area contributed by atoms with Gasteiger partial charge in [-0.25, -0.2) is 4.79 Å². The van der Waals surface area contributed by atoms with Gasteiger partial charge in [0.2, 0.25) is 11.8 Å². The van der Waals surface area contributed by atoms with E-state index in [1.54, 1.807) is 0 Å². The van der Waals surface area contributed by atoms with Crippen LogP contribution in [-0.4, -0.2) is 75.8 Å². The van der Waals surface area contributed by atoms with Crippen LogP contribution in [0.5, 0.6) is 0 Å². The van der Waals surface area contributed by atoms with Crippen molar-refractivity contribution in [3.8, 4) is 0 Å². The van der Waals surface area contributed by atoms with Crippen molar-refractivity contribution in [3.05, 3.63) is 0 Å². The zero-order valence-corrected chi connectivity index (χ0v) is 14.8. The summed E-state index contributed by atoms with van der Waals surface area (Å²) in [5.41, 5.74) is 10.8. The zero-order valence-electron chi connectivity index (χ0n) is 14.8. The highest BCUT2D eigenvalue weighted by atomic mass is 16.4. The van der Waals surface area contributed by atoms with Crippen LogP contribution in [0.4, 0.5) is 0 Å². The summed E-state index contributed by atoms with van der Waals surface area (Å²) >= 11 is 0. The summed E-state index contributed by atoms with van der Waals surface area (Å²) in [4.78, 5) is 45.9. The van der Waals surface area contributed by atoms with Crippen LogP contribution >= 0.6 is 0 Å². The number of guanidine groups is 1. The number of carboxylic acids is 2. The molecule has 0 bridgehead atoms. The monoisotopic (exact) mass is 390 g/mol. The third-order valence-corrected chi connectivity index (χ3v) is 3.40. The minimum absolute atomic E-state index is 0.191. The van der Waals surface area contributed by atoms with Gasteiger partial charge in [-0.2, -0.15) is 0 Å². The third kappa shape index (κ3) is 9.96. The first-order valence-electron chi connectivity index (χ1n) is 8.02. The van der Waals surface area contributed by atoms with Gasteiger partial charge in [-0.3, -0.25) is 19.8 Å². The van der Waals surface area contributed by atoms with Crippen LogP contribution in [0.1, 0.15) is 26.2 Å². The summed E-state index contributed by atoms with van der Waals surface area (Å²) in [6.07, 6.45) is -1.67. The molecule has 0 unspecified atom stereocenters. The topological polar surface area (TPSA) is 241 Å². The first-order chi connectivity index (χ1) is 12.5. The number of carbonyl (C=O) groups excluding carboxylic acids is 2. The second kappa shape index (κ2) is 11.6. The highest BCUT2D eigenvalue weighted by molar-refractivity contribution is 5.93. The average molecular weight is 390 g/mol. The number of aliphatic hydroxyl groups excluding tert-OH is 1. The quantitative estimate of drug-likeness (QED) is 0.0903. The second-order valence-electron chi connectivity index (χ2n) is 5.81. The molecule has 27 heavy (non-hydrogen) atoms. The first-order valence-corrected chi connectivity index (χ1v) is 8.02. The van der Waals surface area contributed by atoms with Crippen molar-refractivity contribution in [2.24, 2.45) is 11.5 Å². The number of rotatable bonds is 12. The van der Waals surface area contributed by atoms with E-state index in [1.165, 1.54) is 6.92 Å². The van der Waals surface area contributed by atoms with Gasteiger partial charge in [-0.05, 0) is 19.8 Å². The van der Waals surface area contributed by atoms with Crippen LogP contribution in [0.25, 0.3) is 0 Å². The van der Waals surface area contributed by atoms with E-state index in [1.807, 2.05) is 5.32 Å². The van der Waals surface area contributed by atoms with Gasteiger partial charge in [0.05, 0.1) is 18.6 Å². The van der Waals surface area contributed by atoms with E-state index in [0.29, 0.717) is 13.0 Å². The summed E-state index contributed by atoms with van der Waals surface area (Å²) in [5.74, 6) is -5.06. The summed E-state index contributed by atoms with van der Waals surface area (Å²) in [6, 6.07) is -4.27. The lowest BCUT2D eigenvalue weighted by Crippen LogP contribution is -2.58. The Hall–Kier alpha value is -2.93. The van der Waals surface area contributed by atoms with Crippen molar-refractivity contribution in [2.45, 2.75) is 50.4 Å². The van der Waals surface area contributed by atoms with Crippen molar-refractivity contribution >= 4 is 29.7 Å². The molecular weight excluding hydrogens is 364 g/mol. The Morgan fingerprint density at radius 2 is 1.70 bits per heavy atom. The largest absolute Gasteiger partial charge is 0.481 e. The molecule has 0 heterocycles. The van der Waals surface area contributed by atoms with E-state index in [0.717, 1.165) is 0 Å². The molecule has 0 aliphatic carbocycles. The number of carbonyl (C=O) groups is 4. The zero-order chi connectivity index (χ0) is 21.1. The minimum Gasteiger partial charge on any atom is -0.481 e. The molecule has 0 saturated heterocycles. The molecular formula is C14H26N6O7. The standard InChI is InChI=1S/C14H26N6O7/c1-6(21)10(12(25)19-8(13(26)27)5-9(22)23)20-11(24)7(15)3-2-4-18-14(16)17/h6-8,10,21H,2-5,15H2,1H3,(H,19,25)(H,20,24)(H,22,23)(H,26,27)(H4,16,17,18)/t6-,7+,8+,10+/m1/s1. The van der Waals surface area contributed by atoms with Crippen molar-refractivity contribution in [3.63, 3.8) is 0 Å². The van der Waals surface area contributed by atoms with E-state index < -0.39 is 54.4 Å². The molecule has 0 spiro atoms. The molecule has 0 aliphatic rings. The maximum atomic E-state index is 12.1. The van der Waals surface area contributed by atoms with Crippen molar-refractivity contribution in [2.75, 3.05) is 6.54 Å². The molecule has 11 N–H and O–H groups in total. The van der Waals surface area contributed by atoms with Gasteiger partial charge >= 0.3 is 11.9 Å². The number of nitrogens with two attached hydrogens (primary N) is 2. The predicted octanol–water partition coefficient (Wildman–Crippen LogP) is -3.51. The molecule has 0 fully saturated rings. The molecule has 0 saturated carbocycles. The predicted molar refractivity (Wildman–Crippen MR) is 92.6 cm³/mol. The Morgan fingerprint density at radius 3 is 2.15 bits per heavy atom. The first kappa shape index (κ1) is 24.1. The number of aliphatic carboxylic acids is 2. The third-order valence-electron chi connectivity index (χ3n) is 3.40. The Morgan fingerprint density at radius 1 is 1.11 bits per heavy atom. The lowest BCUT2D eigenvalue weighted by molar-refractivity contribution is -0.147. The van der Waals surface area contributed by atoms with Crippen LogP contribution in [-0.2, 0) is 19.2 Å². The molecule has 0 radical (unpaired) electrons. The second-order valence-corrected chi connectivity index (χ2v) is 5.81. The summed E-state index contributed by atoms with van der Waals surface area (Å²) in [6.45, 7) is 1.51. The molecule has 13 nitrogen and oxygen atoms in total. The van der Waals surface area contributed by atoms with Gasteiger partial charge in [0, 0.05) is 6.54 Å². The van der Waals surface area contributed by atoms with E-state index in [4.69, 9.17) is 27.1 Å². The van der Waals surface area contributed by atoms with Gasteiger partial charge in [0.1, 0.15) is 12.1 Å². The van der Waals surface area contributed by atoms with Crippen molar-refractivity contribution < 1.29 is 34.5 Å². The highest BCUT2D eigenvalue weighted by Gasteiger charge is 2.31. The van der Waals surface area contributed by atoms with Gasteiger partial charge in [-0.1, -0.05) is 0 Å². The molecule has 13 heteroatoms. The number of aliphatic hydroxyl groups is 1. The molecule has 0 aromatic rings. The summed E-state index contributed by atoms with van der Waals surface area (Å²) < 4.78 is 0. The maximum absolute atomic E-state index is 12.1. The number of carboxylic acid groups (broad SMARTS) is 2. The Kier molecular flexibility index (Phi) is 10.4. The lowest BCUT2D eigenvalue weighted by Gasteiger charge is -2.24. The number of amides is 2. The van der Waals surface area contributed by atoms with Crippen LogP contribution in [0.15, 0.2) is 0 Å². The average Bonchev–Trinajstić information content (AvgIpc) is 2.54. The van der Waals surface area contributed by atoms with E-state index in [-0.39, 0.29) is 12.4 Å². The van der Waals surface area contributed by atoms with Crippen LogP contribution in [0.3, 0.4) is 0 Å². The normalized spacial score (nSPS) is 14.9. The van der Waals surface area contributed by atoms with Gasteiger partial charge < -0.3 is 42.7 Å². The minimum atomic E-state index is -1.72. The van der Waals surface area contributed by atoms with Crippen LogP contribution in [0.2, 0.25) is 0 Å². The molecule has 0 aromatic heterocycles. The molecule has 4 atom stereocenters. The number of nitrogens with one attached hydrogen (secondary N) is 4. The maximum Gasteiger partial charge on any atom is 0.326 e. The van der Waals surface area contributed by atoms with Gasteiger partial charge in [-0.15, -0.1) is 0 Å². The van der Waals surface area contributed by atoms with Crippen LogP contribution < -0.4 is 27.4 Å². The molecule has 2 amide bonds. The summed E-state index contributed by atoms with van der Waals surface area (Å²) in [5, 5.41) is 41.0. The van der Waals surface area contributed by atoms with Gasteiger partial charge in [0.15, 0.2) is 5.96 Å². The van der Waals surface area contributed by atoms with E-state index in [2.05, 4.69) is 10.6 Å². The molecule has 0 rings (SSSR count). The van der Waals surface area contributed by atoms with Crippen LogP contribution in [0, 0.1) is 5.41 Å². The molecule has 0 aromatic carbocycles. The van der Waals surface area contributed by atoms with E-state index in [9.17, 15) is 24.3 Å². The number of hydrogen-bond donors (Lipinski definition) is 9. The Bertz CT molecular complexity index is 568. The highest BCUT2D eigenvalue weighted by Crippen LogP contribution is 2.01. The number of hydrogen-bond acceptors (Lipinski definition) is 7. The van der Waals surface area contributed by atoms with Gasteiger partial charge in [0.25, 0.3) is 0 Å². The summed E-state index contributed by atoms with van der Waals surface area (Å²) in [7, 11) is 0. The Labute approximate surface area is 155 Å².